The van der Waals surface area contributed by atoms with Gasteiger partial charge in [-0.2, -0.15) is 0 Å². The van der Waals surface area contributed by atoms with Gasteiger partial charge in [-0.05, 0) is 60.6 Å². The van der Waals surface area contributed by atoms with Gasteiger partial charge in [-0.25, -0.2) is 0 Å². The van der Waals surface area contributed by atoms with Gasteiger partial charge >= 0.3 is 0 Å². The lowest BCUT2D eigenvalue weighted by atomic mass is 9.75. The van der Waals surface area contributed by atoms with E-state index in [0.29, 0.717) is 17.9 Å². The largest absolute Gasteiger partial charge is 0.377 e. The van der Waals surface area contributed by atoms with Crippen LogP contribution in [0.1, 0.15) is 40.6 Å². The van der Waals surface area contributed by atoms with Gasteiger partial charge in [0.2, 0.25) is 0 Å². The second-order valence-electron chi connectivity index (χ2n) is 6.52. The molecule has 1 heterocycles. The summed E-state index contributed by atoms with van der Waals surface area (Å²) in [5.74, 6) is 1.09. The first kappa shape index (κ1) is 13.9. The summed E-state index contributed by atoms with van der Waals surface area (Å²) in [4.78, 5) is 0. The molecule has 0 bridgehead atoms. The van der Waals surface area contributed by atoms with Crippen LogP contribution in [0.4, 0.5) is 5.69 Å². The van der Waals surface area contributed by atoms with Gasteiger partial charge in [0.05, 0.1) is 6.04 Å². The van der Waals surface area contributed by atoms with E-state index in [1.807, 2.05) is 6.07 Å². The van der Waals surface area contributed by atoms with Crippen LogP contribution in [0.15, 0.2) is 48.6 Å². The summed E-state index contributed by atoms with van der Waals surface area (Å²) in [7, 11) is 0. The number of allylic oxidation sites excluding steroid dienone is 2. The van der Waals surface area contributed by atoms with Crippen LogP contribution in [-0.4, -0.2) is 0 Å². The van der Waals surface area contributed by atoms with Crippen LogP contribution >= 0.6 is 11.6 Å². The van der Waals surface area contributed by atoms with Gasteiger partial charge < -0.3 is 5.32 Å². The van der Waals surface area contributed by atoms with Crippen molar-refractivity contribution >= 4 is 17.3 Å². The Hall–Kier alpha value is -1.73. The molecule has 2 heteroatoms. The summed E-state index contributed by atoms with van der Waals surface area (Å²) >= 11 is 6.22. The SMILES string of the molecule is Cc1ccc(C)c2c1NC(c1cccc(Cl)c1)C1CC=CC21. The Bertz CT molecular complexity index is 762. The average Bonchev–Trinajstić information content (AvgIpc) is 2.99. The number of benzene rings is 2. The molecule has 1 aliphatic heterocycles. The minimum Gasteiger partial charge on any atom is -0.377 e. The third-order valence-electron chi connectivity index (χ3n) is 5.15. The lowest BCUT2D eigenvalue weighted by Crippen LogP contribution is -2.30. The van der Waals surface area contributed by atoms with Crippen molar-refractivity contribution in [2.24, 2.45) is 5.92 Å². The lowest BCUT2D eigenvalue weighted by molar-refractivity contribution is 0.424. The van der Waals surface area contributed by atoms with E-state index in [9.17, 15) is 0 Å². The molecule has 112 valence electrons. The minimum absolute atomic E-state index is 0.326. The Morgan fingerprint density at radius 3 is 2.73 bits per heavy atom. The van der Waals surface area contributed by atoms with Crippen molar-refractivity contribution in [1.29, 1.82) is 0 Å². The number of rotatable bonds is 1. The van der Waals surface area contributed by atoms with Crippen molar-refractivity contribution < 1.29 is 0 Å². The van der Waals surface area contributed by atoms with Gasteiger partial charge in [-0.15, -0.1) is 0 Å². The van der Waals surface area contributed by atoms with E-state index in [2.05, 4.69) is 61.6 Å². The van der Waals surface area contributed by atoms with Gasteiger partial charge in [0, 0.05) is 16.6 Å². The van der Waals surface area contributed by atoms with Crippen molar-refractivity contribution in [3.05, 3.63) is 75.8 Å². The van der Waals surface area contributed by atoms with E-state index in [4.69, 9.17) is 11.6 Å². The molecule has 0 amide bonds. The number of anilines is 1. The Morgan fingerprint density at radius 1 is 1.09 bits per heavy atom. The summed E-state index contributed by atoms with van der Waals surface area (Å²) in [6.45, 7) is 4.42. The molecule has 3 atom stereocenters. The summed E-state index contributed by atoms with van der Waals surface area (Å²) in [5, 5.41) is 4.64. The molecule has 0 saturated carbocycles. The number of fused-ring (bicyclic) bond motifs is 3. The minimum atomic E-state index is 0.326. The van der Waals surface area contributed by atoms with Crippen molar-refractivity contribution in [3.8, 4) is 0 Å². The van der Waals surface area contributed by atoms with Crippen LogP contribution in [0, 0.1) is 19.8 Å². The predicted octanol–water partition coefficient (Wildman–Crippen LogP) is 5.78. The highest BCUT2D eigenvalue weighted by Crippen LogP contribution is 2.51. The zero-order valence-electron chi connectivity index (χ0n) is 12.9. The van der Waals surface area contributed by atoms with E-state index in [1.54, 1.807) is 0 Å². The molecule has 3 unspecified atom stereocenters. The molecule has 22 heavy (non-hydrogen) atoms. The zero-order valence-corrected chi connectivity index (χ0v) is 13.7. The highest BCUT2D eigenvalue weighted by molar-refractivity contribution is 6.30. The molecule has 2 aliphatic rings. The predicted molar refractivity (Wildman–Crippen MR) is 93.7 cm³/mol. The fourth-order valence-corrected chi connectivity index (χ4v) is 4.27. The van der Waals surface area contributed by atoms with Gasteiger partial charge in [0.1, 0.15) is 0 Å². The topological polar surface area (TPSA) is 12.0 Å². The number of hydrogen-bond acceptors (Lipinski definition) is 1. The van der Waals surface area contributed by atoms with E-state index in [1.165, 1.54) is 27.9 Å². The fourth-order valence-electron chi connectivity index (χ4n) is 4.07. The molecule has 1 aliphatic carbocycles. The molecule has 0 fully saturated rings. The quantitative estimate of drug-likeness (QED) is 0.658. The molecule has 1 nitrogen and oxygen atoms in total. The van der Waals surface area contributed by atoms with Crippen LogP contribution in [-0.2, 0) is 0 Å². The van der Waals surface area contributed by atoms with E-state index in [0.717, 1.165) is 11.4 Å². The number of aryl methyl sites for hydroxylation is 2. The summed E-state index contributed by atoms with van der Waals surface area (Å²) in [6, 6.07) is 13.1. The molecular weight excluding hydrogens is 290 g/mol. The average molecular weight is 310 g/mol. The smallest absolute Gasteiger partial charge is 0.0554 e. The maximum atomic E-state index is 6.22. The van der Waals surface area contributed by atoms with Gasteiger partial charge in [-0.1, -0.05) is 48.0 Å². The monoisotopic (exact) mass is 309 g/mol. The second-order valence-corrected chi connectivity index (χ2v) is 6.95. The van der Waals surface area contributed by atoms with E-state index < -0.39 is 0 Å². The summed E-state index contributed by atoms with van der Waals surface area (Å²) in [5.41, 5.74) is 6.80. The zero-order chi connectivity index (χ0) is 15.3. The standard InChI is InChI=1S/C20H20ClN/c1-12-9-10-13(2)19-18(12)16-7-4-8-17(16)20(22-19)14-5-3-6-15(21)11-14/h3-7,9-11,16-17,20,22H,8H2,1-2H3. The first-order chi connectivity index (χ1) is 10.6. The molecular formula is C20H20ClN. The Kier molecular flexibility index (Phi) is 3.27. The van der Waals surface area contributed by atoms with E-state index in [-0.39, 0.29) is 0 Å². The first-order valence-corrected chi connectivity index (χ1v) is 8.31. The molecule has 2 aromatic carbocycles. The number of nitrogens with one attached hydrogen (secondary N) is 1. The first-order valence-electron chi connectivity index (χ1n) is 7.94. The highest BCUT2D eigenvalue weighted by Gasteiger charge is 2.39. The molecule has 1 N–H and O–H groups in total. The lowest BCUT2D eigenvalue weighted by Gasteiger charge is -2.39. The van der Waals surface area contributed by atoms with Gasteiger partial charge in [0.25, 0.3) is 0 Å². The van der Waals surface area contributed by atoms with Crippen LogP contribution < -0.4 is 5.32 Å². The maximum Gasteiger partial charge on any atom is 0.0554 e. The summed E-state index contributed by atoms with van der Waals surface area (Å²) in [6.07, 6.45) is 5.86. The van der Waals surface area contributed by atoms with Crippen LogP contribution in [0.3, 0.4) is 0 Å². The van der Waals surface area contributed by atoms with Crippen LogP contribution in [0.2, 0.25) is 5.02 Å². The molecule has 4 rings (SSSR count). The van der Waals surface area contributed by atoms with Gasteiger partial charge in [-0.3, -0.25) is 0 Å². The molecule has 0 saturated heterocycles. The fraction of sp³-hybridized carbons (Fsp3) is 0.300. The third kappa shape index (κ3) is 2.07. The molecule has 0 radical (unpaired) electrons. The normalized spacial score (nSPS) is 25.5. The van der Waals surface area contributed by atoms with Crippen molar-refractivity contribution in [2.75, 3.05) is 5.32 Å². The Morgan fingerprint density at radius 2 is 1.91 bits per heavy atom. The summed E-state index contributed by atoms with van der Waals surface area (Å²) < 4.78 is 0. The molecule has 0 aromatic heterocycles. The Balaban J connectivity index is 1.86. The number of hydrogen-bond donors (Lipinski definition) is 1. The highest BCUT2D eigenvalue weighted by atomic mass is 35.5. The second kappa shape index (κ2) is 5.17. The third-order valence-corrected chi connectivity index (χ3v) is 5.39. The van der Waals surface area contributed by atoms with Crippen molar-refractivity contribution in [2.45, 2.75) is 32.2 Å². The molecule has 2 aromatic rings. The molecule has 0 spiro atoms. The van der Waals surface area contributed by atoms with E-state index >= 15 is 0 Å². The Labute approximate surface area is 137 Å². The number of halogens is 1. The van der Waals surface area contributed by atoms with Gasteiger partial charge in [0.15, 0.2) is 0 Å². The van der Waals surface area contributed by atoms with Crippen LogP contribution in [0.25, 0.3) is 0 Å². The van der Waals surface area contributed by atoms with Crippen LogP contribution in [0.5, 0.6) is 0 Å². The van der Waals surface area contributed by atoms with Crippen molar-refractivity contribution in [3.63, 3.8) is 0 Å². The van der Waals surface area contributed by atoms with Crippen molar-refractivity contribution in [1.82, 2.24) is 0 Å². The maximum absolute atomic E-state index is 6.22.